The molecule has 25 heavy (non-hydrogen) atoms. The number of hydrogen-bond donors (Lipinski definition) is 2. The van der Waals surface area contributed by atoms with Gasteiger partial charge >= 0.3 is 0 Å². The number of rotatable bonds is 5. The van der Waals surface area contributed by atoms with Gasteiger partial charge in [-0.3, -0.25) is 9.79 Å². The maximum Gasteiger partial charge on any atom is 0.225 e. The number of thioether (sulfide) groups is 2. The first kappa shape index (κ1) is 20.7. The van der Waals surface area contributed by atoms with Gasteiger partial charge in [0.05, 0.1) is 0 Å². The molecule has 0 aromatic carbocycles. The van der Waals surface area contributed by atoms with Crippen LogP contribution in [0.3, 0.4) is 0 Å². The molecule has 1 aliphatic carbocycles. The topological polar surface area (TPSA) is 56.7 Å². The number of carbonyl (C=O) groups excluding carboxylic acids is 1. The summed E-state index contributed by atoms with van der Waals surface area (Å²) in [6, 6.07) is 0.421. The summed E-state index contributed by atoms with van der Waals surface area (Å²) >= 11 is 3.81. The van der Waals surface area contributed by atoms with Crippen molar-refractivity contribution in [3.05, 3.63) is 0 Å². The van der Waals surface area contributed by atoms with Crippen molar-refractivity contribution in [2.75, 3.05) is 44.4 Å². The average molecular weight is 387 g/mol. The number of carbonyl (C=O) groups is 1. The smallest absolute Gasteiger partial charge is 0.225 e. The molecule has 0 aromatic rings. The van der Waals surface area contributed by atoms with Crippen LogP contribution in [0.2, 0.25) is 0 Å². The molecule has 2 aliphatic rings. The lowest BCUT2D eigenvalue weighted by molar-refractivity contribution is -0.136. The van der Waals surface area contributed by atoms with E-state index in [0.717, 1.165) is 62.8 Å². The van der Waals surface area contributed by atoms with Gasteiger partial charge in [-0.25, -0.2) is 0 Å². The van der Waals surface area contributed by atoms with Gasteiger partial charge in [0.25, 0.3) is 0 Å². The van der Waals surface area contributed by atoms with Gasteiger partial charge in [-0.05, 0) is 45.8 Å². The van der Waals surface area contributed by atoms with Gasteiger partial charge in [-0.15, -0.1) is 0 Å². The van der Waals surface area contributed by atoms with Gasteiger partial charge in [0, 0.05) is 54.9 Å². The summed E-state index contributed by atoms with van der Waals surface area (Å²) in [4.78, 5) is 19.1. The van der Waals surface area contributed by atoms with Crippen LogP contribution in [0.4, 0.5) is 0 Å². The van der Waals surface area contributed by atoms with E-state index in [4.69, 9.17) is 0 Å². The van der Waals surface area contributed by atoms with E-state index in [1.165, 1.54) is 0 Å². The summed E-state index contributed by atoms with van der Waals surface area (Å²) in [5.74, 6) is 3.69. The summed E-state index contributed by atoms with van der Waals surface area (Å²) < 4.78 is 0.189. The molecule has 144 valence electrons. The second kappa shape index (κ2) is 9.95. The number of aliphatic imine (C=N–C) groups is 1. The zero-order valence-corrected chi connectivity index (χ0v) is 17.8. The Morgan fingerprint density at radius 1 is 1.24 bits per heavy atom. The predicted octanol–water partition coefficient (Wildman–Crippen LogP) is 2.43. The lowest BCUT2D eigenvalue weighted by Gasteiger charge is -2.34. The fourth-order valence-corrected chi connectivity index (χ4v) is 4.40. The van der Waals surface area contributed by atoms with Crippen LogP contribution in [0.5, 0.6) is 0 Å². The maximum absolute atomic E-state index is 12.6. The molecule has 7 heteroatoms. The van der Waals surface area contributed by atoms with Crippen molar-refractivity contribution in [2.45, 2.75) is 50.3 Å². The third-order valence-electron chi connectivity index (χ3n) is 5.20. The molecule has 1 heterocycles. The number of nitrogens with one attached hydrogen (secondary N) is 2. The van der Waals surface area contributed by atoms with E-state index in [2.05, 4.69) is 40.6 Å². The van der Waals surface area contributed by atoms with E-state index < -0.39 is 0 Å². The molecule has 0 bridgehead atoms. The van der Waals surface area contributed by atoms with Crippen LogP contribution < -0.4 is 10.6 Å². The first-order chi connectivity index (χ1) is 11.9. The van der Waals surface area contributed by atoms with Crippen LogP contribution in [0.15, 0.2) is 4.99 Å². The van der Waals surface area contributed by atoms with E-state index in [1.807, 2.05) is 30.6 Å². The molecule has 5 nitrogen and oxygen atoms in total. The fourth-order valence-electron chi connectivity index (χ4n) is 3.28. The molecule has 0 atom stereocenters. The van der Waals surface area contributed by atoms with Crippen molar-refractivity contribution in [1.29, 1.82) is 0 Å². The lowest BCUT2D eigenvalue weighted by Crippen LogP contribution is -2.49. The quantitative estimate of drug-likeness (QED) is 0.561. The highest BCUT2D eigenvalue weighted by Crippen LogP contribution is 2.27. The Bertz CT molecular complexity index is 456. The molecule has 2 N–H and O–H groups in total. The minimum atomic E-state index is 0.189. The van der Waals surface area contributed by atoms with Crippen LogP contribution in [-0.2, 0) is 4.79 Å². The number of nitrogens with zero attached hydrogens (tertiary/aromatic N) is 2. The Labute approximate surface area is 161 Å². The van der Waals surface area contributed by atoms with Crippen molar-refractivity contribution in [1.82, 2.24) is 15.5 Å². The van der Waals surface area contributed by atoms with Crippen LogP contribution in [0.25, 0.3) is 0 Å². The third kappa shape index (κ3) is 6.59. The highest BCUT2D eigenvalue weighted by atomic mass is 32.2. The van der Waals surface area contributed by atoms with Gasteiger partial charge < -0.3 is 15.5 Å². The van der Waals surface area contributed by atoms with E-state index in [9.17, 15) is 4.79 Å². The molecule has 2 rings (SSSR count). The lowest BCUT2D eigenvalue weighted by atomic mass is 9.85. The Kier molecular flexibility index (Phi) is 8.26. The first-order valence-corrected chi connectivity index (χ1v) is 11.7. The standard InChI is InChI=1S/C18H34N4OS2/c1-18(2,24-4)13-20-17(19-3)21-15-7-5-14(6-8-15)16(23)22-9-11-25-12-10-22/h14-15H,5-13H2,1-4H3,(H2,19,20,21). The molecule has 1 saturated carbocycles. The van der Waals surface area contributed by atoms with Gasteiger partial charge in [0.1, 0.15) is 0 Å². The Balaban J connectivity index is 1.74. The Morgan fingerprint density at radius 2 is 1.88 bits per heavy atom. The minimum Gasteiger partial charge on any atom is -0.355 e. The molecular weight excluding hydrogens is 352 g/mol. The molecule has 1 saturated heterocycles. The largest absolute Gasteiger partial charge is 0.355 e. The molecule has 1 amide bonds. The Morgan fingerprint density at radius 3 is 2.44 bits per heavy atom. The summed E-state index contributed by atoms with van der Waals surface area (Å²) in [5.41, 5.74) is 0. The molecular formula is C18H34N4OS2. The second-order valence-corrected chi connectivity index (χ2v) is 10.3. The van der Waals surface area contributed by atoms with Crippen molar-refractivity contribution in [2.24, 2.45) is 10.9 Å². The molecule has 1 aliphatic heterocycles. The van der Waals surface area contributed by atoms with Gasteiger partial charge in [-0.2, -0.15) is 23.5 Å². The normalized spacial score (nSPS) is 25.6. The average Bonchev–Trinajstić information content (AvgIpc) is 2.65. The van der Waals surface area contributed by atoms with E-state index in [-0.39, 0.29) is 10.7 Å². The van der Waals surface area contributed by atoms with Gasteiger partial charge in [0.15, 0.2) is 5.96 Å². The zero-order valence-electron chi connectivity index (χ0n) is 16.1. The summed E-state index contributed by atoms with van der Waals surface area (Å²) in [7, 11) is 1.82. The number of amides is 1. The summed E-state index contributed by atoms with van der Waals surface area (Å²) in [6.07, 6.45) is 6.22. The molecule has 0 unspecified atom stereocenters. The highest BCUT2D eigenvalue weighted by molar-refractivity contribution is 8.00. The summed E-state index contributed by atoms with van der Waals surface area (Å²) in [5, 5.41) is 6.98. The van der Waals surface area contributed by atoms with E-state index >= 15 is 0 Å². The first-order valence-electron chi connectivity index (χ1n) is 9.34. The predicted molar refractivity (Wildman–Crippen MR) is 112 cm³/mol. The fraction of sp³-hybridized carbons (Fsp3) is 0.889. The van der Waals surface area contributed by atoms with Crippen molar-refractivity contribution < 1.29 is 4.79 Å². The van der Waals surface area contributed by atoms with Crippen LogP contribution >= 0.6 is 23.5 Å². The molecule has 0 spiro atoms. The summed E-state index contributed by atoms with van der Waals surface area (Å²) in [6.45, 7) is 7.21. The monoisotopic (exact) mass is 386 g/mol. The van der Waals surface area contributed by atoms with E-state index in [0.29, 0.717) is 11.9 Å². The van der Waals surface area contributed by atoms with Gasteiger partial charge in [0.2, 0.25) is 5.91 Å². The molecule has 0 radical (unpaired) electrons. The van der Waals surface area contributed by atoms with E-state index in [1.54, 1.807) is 0 Å². The number of hydrogen-bond acceptors (Lipinski definition) is 4. The van der Waals surface area contributed by atoms with Crippen molar-refractivity contribution >= 4 is 35.4 Å². The maximum atomic E-state index is 12.6. The third-order valence-corrected chi connectivity index (χ3v) is 7.39. The number of guanidine groups is 1. The second-order valence-electron chi connectivity index (χ2n) is 7.52. The minimum absolute atomic E-state index is 0.189. The van der Waals surface area contributed by atoms with Crippen molar-refractivity contribution in [3.63, 3.8) is 0 Å². The zero-order chi connectivity index (χ0) is 18.3. The highest BCUT2D eigenvalue weighted by Gasteiger charge is 2.30. The van der Waals surface area contributed by atoms with Crippen LogP contribution in [0, 0.1) is 5.92 Å². The molecule has 0 aromatic heterocycles. The Hall–Kier alpha value is -0.560. The molecule has 2 fully saturated rings. The van der Waals surface area contributed by atoms with Crippen molar-refractivity contribution in [3.8, 4) is 0 Å². The van der Waals surface area contributed by atoms with Crippen LogP contribution in [0.1, 0.15) is 39.5 Å². The van der Waals surface area contributed by atoms with Gasteiger partial charge in [-0.1, -0.05) is 0 Å². The van der Waals surface area contributed by atoms with Crippen LogP contribution in [-0.4, -0.2) is 72.0 Å². The SMILES string of the molecule is CN=C(NCC(C)(C)SC)NC1CCC(C(=O)N2CCSCC2)CC1.